The molecule has 3 rings (SSSR count). The quantitative estimate of drug-likeness (QED) is 0.846. The number of piperidine rings is 1. The Morgan fingerprint density at radius 1 is 1.47 bits per heavy atom. The molecule has 2 unspecified atom stereocenters. The van der Waals surface area contributed by atoms with Gasteiger partial charge in [0.2, 0.25) is 0 Å². The predicted molar refractivity (Wildman–Crippen MR) is 65.3 cm³/mol. The molecule has 0 radical (unpaired) electrons. The molecule has 1 aliphatic carbocycles. The van der Waals surface area contributed by atoms with Gasteiger partial charge in [-0.2, -0.15) is 0 Å². The van der Waals surface area contributed by atoms with Gasteiger partial charge in [0.05, 0.1) is 5.56 Å². The van der Waals surface area contributed by atoms with Crippen LogP contribution in [-0.4, -0.2) is 36.1 Å². The zero-order valence-electron chi connectivity index (χ0n) is 10.0. The maximum absolute atomic E-state index is 11.3. The molecule has 1 aromatic rings. The van der Waals surface area contributed by atoms with Gasteiger partial charge in [0.15, 0.2) is 0 Å². The van der Waals surface area contributed by atoms with E-state index in [1.807, 2.05) is 18.2 Å². The van der Waals surface area contributed by atoms with Gasteiger partial charge >= 0.3 is 5.97 Å². The molecule has 0 spiro atoms. The largest absolute Gasteiger partial charge is 0.478 e. The number of aromatic carboxylic acids is 1. The molecular weight excluding hydrogens is 214 g/mol. The first kappa shape index (κ1) is 10.8. The molecule has 0 bridgehead atoms. The summed E-state index contributed by atoms with van der Waals surface area (Å²) >= 11 is 0. The molecule has 0 amide bonds. The number of benzene rings is 1. The molecule has 2 fully saturated rings. The van der Waals surface area contributed by atoms with Crippen molar-refractivity contribution in [2.24, 2.45) is 5.92 Å². The van der Waals surface area contributed by atoms with Crippen molar-refractivity contribution in [3.63, 3.8) is 0 Å². The highest BCUT2D eigenvalue weighted by atomic mass is 16.4. The van der Waals surface area contributed by atoms with Crippen molar-refractivity contribution in [3.8, 4) is 0 Å². The molecule has 0 aromatic heterocycles. The Kier molecular flexibility index (Phi) is 2.26. The van der Waals surface area contributed by atoms with E-state index in [9.17, 15) is 9.90 Å². The lowest BCUT2D eigenvalue weighted by molar-refractivity contribution is 0.0694. The van der Waals surface area contributed by atoms with Crippen LogP contribution < -0.4 is 0 Å². The predicted octanol–water partition coefficient (Wildman–Crippen LogP) is 1.98. The van der Waals surface area contributed by atoms with Crippen molar-refractivity contribution >= 4 is 5.97 Å². The van der Waals surface area contributed by atoms with Crippen LogP contribution >= 0.6 is 0 Å². The van der Waals surface area contributed by atoms with Crippen LogP contribution in [0.1, 0.15) is 28.8 Å². The number of fused-ring (bicyclic) bond motifs is 1. The molecule has 1 saturated carbocycles. The Balaban J connectivity index is 1.98. The number of rotatable bonds is 2. The minimum atomic E-state index is -0.792. The van der Waals surface area contributed by atoms with Gasteiger partial charge in [-0.15, -0.1) is 0 Å². The van der Waals surface area contributed by atoms with E-state index in [2.05, 4.69) is 11.9 Å². The number of nitrogens with zero attached hydrogens (tertiary/aromatic N) is 1. The third-order valence-corrected chi connectivity index (χ3v) is 4.40. The Morgan fingerprint density at radius 2 is 2.24 bits per heavy atom. The smallest absolute Gasteiger partial charge is 0.335 e. The number of hydrogen-bond donors (Lipinski definition) is 1. The van der Waals surface area contributed by atoms with E-state index in [-0.39, 0.29) is 5.41 Å². The molecule has 3 heteroatoms. The molecule has 1 aliphatic heterocycles. The lowest BCUT2D eigenvalue weighted by Gasteiger charge is -2.29. The Hall–Kier alpha value is -1.35. The standard InChI is InChI=1S/C14H17NO2/c1-15-7-6-14(8-10(14)9-15)12-5-3-2-4-11(12)13(16)17/h2-5,10H,6-9H2,1H3,(H,16,17). The highest BCUT2D eigenvalue weighted by Crippen LogP contribution is 2.59. The Bertz CT molecular complexity index is 471. The lowest BCUT2D eigenvalue weighted by Crippen LogP contribution is -2.34. The monoisotopic (exact) mass is 231 g/mol. The van der Waals surface area contributed by atoms with Crippen molar-refractivity contribution in [2.75, 3.05) is 20.1 Å². The zero-order valence-corrected chi connectivity index (χ0v) is 10.0. The molecule has 1 saturated heterocycles. The van der Waals surface area contributed by atoms with Crippen LogP contribution in [0.5, 0.6) is 0 Å². The molecule has 3 nitrogen and oxygen atoms in total. The van der Waals surface area contributed by atoms with Crippen LogP contribution in [-0.2, 0) is 5.41 Å². The fourth-order valence-corrected chi connectivity index (χ4v) is 3.35. The van der Waals surface area contributed by atoms with Gasteiger partial charge in [-0.25, -0.2) is 4.79 Å². The van der Waals surface area contributed by atoms with E-state index >= 15 is 0 Å². The van der Waals surface area contributed by atoms with Crippen LogP contribution in [0.2, 0.25) is 0 Å². The van der Waals surface area contributed by atoms with Crippen molar-refractivity contribution in [2.45, 2.75) is 18.3 Å². The molecule has 17 heavy (non-hydrogen) atoms. The third kappa shape index (κ3) is 1.57. The second kappa shape index (κ2) is 3.57. The number of hydrogen-bond acceptors (Lipinski definition) is 2. The van der Waals surface area contributed by atoms with Crippen LogP contribution in [0.25, 0.3) is 0 Å². The number of carboxylic acid groups (broad SMARTS) is 1. The van der Waals surface area contributed by atoms with Gasteiger partial charge in [-0.1, -0.05) is 18.2 Å². The number of likely N-dealkylation sites (tertiary alicyclic amines) is 1. The lowest BCUT2D eigenvalue weighted by atomic mass is 9.84. The van der Waals surface area contributed by atoms with Gasteiger partial charge in [0.1, 0.15) is 0 Å². The highest BCUT2D eigenvalue weighted by molar-refractivity contribution is 5.90. The molecule has 1 heterocycles. The second-order valence-corrected chi connectivity index (χ2v) is 5.42. The SMILES string of the molecule is CN1CCC2(c3ccccc3C(=O)O)CC2C1. The summed E-state index contributed by atoms with van der Waals surface area (Å²) in [5, 5.41) is 9.27. The minimum Gasteiger partial charge on any atom is -0.478 e. The van der Waals surface area contributed by atoms with Crippen molar-refractivity contribution < 1.29 is 9.90 Å². The first-order chi connectivity index (χ1) is 8.13. The van der Waals surface area contributed by atoms with Crippen LogP contribution in [0, 0.1) is 5.92 Å². The van der Waals surface area contributed by atoms with E-state index in [0.29, 0.717) is 11.5 Å². The first-order valence-corrected chi connectivity index (χ1v) is 6.15. The fourth-order valence-electron chi connectivity index (χ4n) is 3.35. The van der Waals surface area contributed by atoms with Crippen molar-refractivity contribution in [3.05, 3.63) is 35.4 Å². The van der Waals surface area contributed by atoms with Crippen LogP contribution in [0.15, 0.2) is 24.3 Å². The molecule has 2 aliphatic rings. The van der Waals surface area contributed by atoms with Crippen molar-refractivity contribution in [1.29, 1.82) is 0 Å². The highest BCUT2D eigenvalue weighted by Gasteiger charge is 2.57. The average molecular weight is 231 g/mol. The van der Waals surface area contributed by atoms with Crippen LogP contribution in [0.4, 0.5) is 0 Å². The van der Waals surface area contributed by atoms with E-state index in [1.54, 1.807) is 6.07 Å². The average Bonchev–Trinajstić information content (AvgIpc) is 3.03. The summed E-state index contributed by atoms with van der Waals surface area (Å²) in [5.74, 6) is -0.138. The van der Waals surface area contributed by atoms with Gasteiger partial charge in [0, 0.05) is 12.0 Å². The first-order valence-electron chi connectivity index (χ1n) is 6.15. The summed E-state index contributed by atoms with van der Waals surface area (Å²) in [4.78, 5) is 13.6. The molecular formula is C14H17NO2. The maximum Gasteiger partial charge on any atom is 0.335 e. The molecule has 1 aromatic carbocycles. The number of carbonyl (C=O) groups is 1. The molecule has 1 N–H and O–H groups in total. The van der Waals surface area contributed by atoms with Gasteiger partial charge in [-0.3, -0.25) is 0 Å². The van der Waals surface area contributed by atoms with Gasteiger partial charge < -0.3 is 10.0 Å². The molecule has 90 valence electrons. The van der Waals surface area contributed by atoms with E-state index in [0.717, 1.165) is 31.5 Å². The van der Waals surface area contributed by atoms with E-state index < -0.39 is 5.97 Å². The fraction of sp³-hybridized carbons (Fsp3) is 0.500. The zero-order chi connectivity index (χ0) is 12.0. The minimum absolute atomic E-state index is 0.168. The van der Waals surface area contributed by atoms with E-state index in [4.69, 9.17) is 0 Å². The second-order valence-electron chi connectivity index (χ2n) is 5.42. The maximum atomic E-state index is 11.3. The van der Waals surface area contributed by atoms with E-state index in [1.165, 1.54) is 0 Å². The Morgan fingerprint density at radius 3 is 2.94 bits per heavy atom. The van der Waals surface area contributed by atoms with Gasteiger partial charge in [-0.05, 0) is 44.0 Å². The Labute approximate surface area is 101 Å². The molecule has 2 atom stereocenters. The summed E-state index contributed by atoms with van der Waals surface area (Å²) in [6, 6.07) is 7.52. The summed E-state index contributed by atoms with van der Waals surface area (Å²) in [6.07, 6.45) is 2.25. The third-order valence-electron chi connectivity index (χ3n) is 4.40. The summed E-state index contributed by atoms with van der Waals surface area (Å²) in [7, 11) is 2.14. The topological polar surface area (TPSA) is 40.5 Å². The number of carboxylic acids is 1. The summed E-state index contributed by atoms with van der Waals surface area (Å²) in [5.41, 5.74) is 1.73. The van der Waals surface area contributed by atoms with Gasteiger partial charge in [0.25, 0.3) is 0 Å². The normalized spacial score (nSPS) is 31.9. The van der Waals surface area contributed by atoms with Crippen LogP contribution in [0.3, 0.4) is 0 Å². The summed E-state index contributed by atoms with van der Waals surface area (Å²) in [6.45, 7) is 2.18. The van der Waals surface area contributed by atoms with Crippen molar-refractivity contribution in [1.82, 2.24) is 4.90 Å². The summed E-state index contributed by atoms with van der Waals surface area (Å²) < 4.78 is 0.